The fourth-order valence-corrected chi connectivity index (χ4v) is 5.10. The Balaban J connectivity index is 1.64. The Morgan fingerprint density at radius 2 is 1.67 bits per heavy atom. The molecule has 2 aromatic heterocycles. The highest BCUT2D eigenvalue weighted by Gasteiger charge is 2.28. The van der Waals surface area contributed by atoms with Crippen LogP contribution in [0.2, 0.25) is 0 Å². The zero-order valence-corrected chi connectivity index (χ0v) is 21.1. The number of amides is 1. The van der Waals surface area contributed by atoms with Gasteiger partial charge in [-0.2, -0.15) is 0 Å². The highest BCUT2D eigenvalue weighted by molar-refractivity contribution is 7.12. The molecule has 6 heteroatoms. The Bertz CT molecular complexity index is 1540. The van der Waals surface area contributed by atoms with Crippen LogP contribution < -0.4 is 5.56 Å². The number of aromatic nitrogens is 2. The summed E-state index contributed by atoms with van der Waals surface area (Å²) in [5.41, 5.74) is 3.47. The van der Waals surface area contributed by atoms with E-state index in [2.05, 4.69) is 12.1 Å². The maximum absolute atomic E-state index is 13.8. The van der Waals surface area contributed by atoms with Crippen LogP contribution in [-0.2, 0) is 6.42 Å². The van der Waals surface area contributed by atoms with Crippen molar-refractivity contribution < 1.29 is 4.79 Å². The van der Waals surface area contributed by atoms with Crippen molar-refractivity contribution in [3.8, 4) is 5.69 Å². The second-order valence-corrected chi connectivity index (χ2v) is 9.80. The summed E-state index contributed by atoms with van der Waals surface area (Å²) in [6.45, 7) is 4.47. The predicted octanol–water partition coefficient (Wildman–Crippen LogP) is 6.20. The molecule has 3 aromatic carbocycles. The number of hydrogen-bond donors (Lipinski definition) is 0. The van der Waals surface area contributed by atoms with E-state index < -0.39 is 6.04 Å². The van der Waals surface area contributed by atoms with E-state index in [1.807, 2.05) is 96.9 Å². The third-order valence-corrected chi connectivity index (χ3v) is 7.27. The van der Waals surface area contributed by atoms with Gasteiger partial charge in [0, 0.05) is 6.54 Å². The Morgan fingerprint density at radius 3 is 2.39 bits per heavy atom. The predicted molar refractivity (Wildman–Crippen MR) is 146 cm³/mol. The third kappa shape index (κ3) is 4.72. The molecule has 0 saturated heterocycles. The van der Waals surface area contributed by atoms with E-state index in [-0.39, 0.29) is 11.5 Å². The van der Waals surface area contributed by atoms with Crippen LogP contribution in [0.5, 0.6) is 0 Å². The van der Waals surface area contributed by atoms with E-state index in [1.54, 1.807) is 10.6 Å². The average molecular weight is 494 g/mol. The van der Waals surface area contributed by atoms with Gasteiger partial charge >= 0.3 is 0 Å². The normalized spacial score (nSPS) is 11.9. The van der Waals surface area contributed by atoms with Crippen LogP contribution in [0, 0.1) is 6.92 Å². The molecule has 1 unspecified atom stereocenters. The van der Waals surface area contributed by atoms with Crippen LogP contribution in [0.1, 0.15) is 39.6 Å². The Labute approximate surface area is 214 Å². The number of fused-ring (bicyclic) bond motifs is 1. The molecule has 0 radical (unpaired) electrons. The third-order valence-electron chi connectivity index (χ3n) is 6.41. The van der Waals surface area contributed by atoms with Crippen molar-refractivity contribution in [1.82, 2.24) is 14.5 Å². The first kappa shape index (κ1) is 23.7. The van der Waals surface area contributed by atoms with Gasteiger partial charge in [-0.05, 0) is 61.5 Å². The number of rotatable bonds is 7. The number of nitrogens with zero attached hydrogens (tertiary/aromatic N) is 3. The lowest BCUT2D eigenvalue weighted by Crippen LogP contribution is -2.38. The van der Waals surface area contributed by atoms with E-state index in [1.165, 1.54) is 11.3 Å². The molecule has 0 aliphatic rings. The first-order valence-electron chi connectivity index (χ1n) is 12.0. The minimum Gasteiger partial charge on any atom is -0.328 e. The number of carbonyl (C=O) groups is 1. The first-order valence-corrected chi connectivity index (χ1v) is 12.9. The quantitative estimate of drug-likeness (QED) is 0.271. The van der Waals surface area contributed by atoms with Crippen molar-refractivity contribution in [2.45, 2.75) is 26.3 Å². The van der Waals surface area contributed by atoms with E-state index in [9.17, 15) is 9.59 Å². The van der Waals surface area contributed by atoms with Crippen LogP contribution in [0.15, 0.2) is 101 Å². The summed E-state index contributed by atoms with van der Waals surface area (Å²) < 4.78 is 1.66. The van der Waals surface area contributed by atoms with Gasteiger partial charge in [-0.1, -0.05) is 66.2 Å². The largest absolute Gasteiger partial charge is 0.328 e. The summed E-state index contributed by atoms with van der Waals surface area (Å²) in [4.78, 5) is 34.9. The lowest BCUT2D eigenvalue weighted by molar-refractivity contribution is 0.0688. The zero-order chi connectivity index (χ0) is 25.1. The number of aryl methyl sites for hydroxylation is 1. The zero-order valence-electron chi connectivity index (χ0n) is 20.3. The molecule has 0 bridgehead atoms. The smallest absolute Gasteiger partial charge is 0.266 e. The average Bonchev–Trinajstić information content (AvgIpc) is 3.45. The molecule has 5 nitrogen and oxygen atoms in total. The van der Waals surface area contributed by atoms with E-state index in [4.69, 9.17) is 4.98 Å². The molecular formula is C30H27N3O2S. The van der Waals surface area contributed by atoms with Gasteiger partial charge < -0.3 is 4.90 Å². The molecule has 2 heterocycles. The molecule has 0 N–H and O–H groups in total. The van der Waals surface area contributed by atoms with E-state index >= 15 is 0 Å². The van der Waals surface area contributed by atoms with Crippen LogP contribution >= 0.6 is 11.3 Å². The summed E-state index contributed by atoms with van der Waals surface area (Å²) in [5.74, 6) is 0.479. The number of carbonyl (C=O) groups excluding carboxylic acids is 1. The summed E-state index contributed by atoms with van der Waals surface area (Å²) in [6.07, 6.45) is 0.699. The van der Waals surface area contributed by atoms with E-state index in [0.717, 1.165) is 16.8 Å². The van der Waals surface area contributed by atoms with Crippen molar-refractivity contribution in [2.24, 2.45) is 0 Å². The summed E-state index contributed by atoms with van der Waals surface area (Å²) in [5, 5.41) is 2.46. The van der Waals surface area contributed by atoms with Crippen LogP contribution in [0.25, 0.3) is 16.6 Å². The minimum absolute atomic E-state index is 0.0636. The molecule has 0 spiro atoms. The molecule has 0 saturated carbocycles. The lowest BCUT2D eigenvalue weighted by atomic mass is 10.1. The van der Waals surface area contributed by atoms with Gasteiger partial charge in [-0.3, -0.25) is 14.2 Å². The van der Waals surface area contributed by atoms with Crippen LogP contribution in [-0.4, -0.2) is 26.9 Å². The van der Waals surface area contributed by atoms with Gasteiger partial charge in [-0.15, -0.1) is 11.3 Å². The number of thiophene rings is 1. The van der Waals surface area contributed by atoms with Gasteiger partial charge in [-0.25, -0.2) is 4.98 Å². The second-order valence-electron chi connectivity index (χ2n) is 8.85. The first-order chi connectivity index (χ1) is 17.5. The number of para-hydroxylation sites is 1. The maximum atomic E-state index is 13.8. The molecule has 5 aromatic rings. The van der Waals surface area contributed by atoms with Crippen molar-refractivity contribution in [3.05, 3.63) is 129 Å². The molecule has 1 amide bonds. The lowest BCUT2D eigenvalue weighted by Gasteiger charge is -2.30. The van der Waals surface area contributed by atoms with Crippen molar-refractivity contribution in [3.63, 3.8) is 0 Å². The fourth-order valence-electron chi connectivity index (χ4n) is 4.42. The molecule has 1 atom stereocenters. The Hall–Kier alpha value is -4.03. The Morgan fingerprint density at radius 1 is 0.944 bits per heavy atom. The highest BCUT2D eigenvalue weighted by Crippen LogP contribution is 2.26. The monoisotopic (exact) mass is 493 g/mol. The standard InChI is InChI=1S/C30H27N3O2S/c1-21-14-16-24(17-15-21)33-28(31-26-12-7-6-11-25(26)29(33)34)22(2)32(30(35)27-13-8-20-36-27)19-18-23-9-4-3-5-10-23/h3-17,20,22H,18-19H2,1-2H3. The van der Waals surface area contributed by atoms with Gasteiger partial charge in [0.1, 0.15) is 5.82 Å². The molecule has 5 rings (SSSR count). The second kappa shape index (κ2) is 10.3. The van der Waals surface area contributed by atoms with E-state index in [0.29, 0.717) is 34.6 Å². The van der Waals surface area contributed by atoms with Crippen LogP contribution in [0.4, 0.5) is 0 Å². The fraction of sp³-hybridized carbons (Fsp3) is 0.167. The maximum Gasteiger partial charge on any atom is 0.266 e. The minimum atomic E-state index is -0.443. The van der Waals surface area contributed by atoms with Gasteiger partial charge in [0.2, 0.25) is 0 Å². The Kier molecular flexibility index (Phi) is 6.78. The molecule has 0 fully saturated rings. The summed E-state index contributed by atoms with van der Waals surface area (Å²) in [6, 6.07) is 28.6. The van der Waals surface area contributed by atoms with Crippen molar-refractivity contribution >= 4 is 28.1 Å². The molecule has 36 heavy (non-hydrogen) atoms. The highest BCUT2D eigenvalue weighted by atomic mass is 32.1. The molecular weight excluding hydrogens is 466 g/mol. The van der Waals surface area contributed by atoms with Gasteiger partial charge in [0.25, 0.3) is 11.5 Å². The SMILES string of the molecule is Cc1ccc(-n2c(C(C)N(CCc3ccccc3)C(=O)c3cccs3)nc3ccccc3c2=O)cc1. The molecule has 180 valence electrons. The number of benzene rings is 3. The summed E-state index contributed by atoms with van der Waals surface area (Å²) in [7, 11) is 0. The molecule has 0 aliphatic carbocycles. The topological polar surface area (TPSA) is 55.2 Å². The van der Waals surface area contributed by atoms with Gasteiger partial charge in [0.15, 0.2) is 0 Å². The van der Waals surface area contributed by atoms with Gasteiger partial charge in [0.05, 0.1) is 27.5 Å². The summed E-state index contributed by atoms with van der Waals surface area (Å²) >= 11 is 1.42. The number of hydrogen-bond acceptors (Lipinski definition) is 4. The van der Waals surface area contributed by atoms with Crippen molar-refractivity contribution in [1.29, 1.82) is 0 Å². The van der Waals surface area contributed by atoms with Crippen molar-refractivity contribution in [2.75, 3.05) is 6.54 Å². The van der Waals surface area contributed by atoms with Crippen LogP contribution in [0.3, 0.4) is 0 Å². The molecule has 0 aliphatic heterocycles.